The maximum absolute atomic E-state index is 13.5. The first-order valence-corrected chi connectivity index (χ1v) is 8.11. The smallest absolute Gasteiger partial charge is 0.378 e. The van der Waals surface area contributed by atoms with E-state index in [0.29, 0.717) is 32.1 Å². The fraction of sp³-hybridized carbons (Fsp3) is 0.375. The number of rotatable bonds is 3. The minimum Gasteiger partial charge on any atom is -0.378 e. The van der Waals surface area contributed by atoms with Crippen molar-refractivity contribution < 1.29 is 26.7 Å². The zero-order chi connectivity index (χ0) is 19.2. The van der Waals surface area contributed by atoms with Crippen LogP contribution in [-0.4, -0.2) is 46.1 Å². The van der Waals surface area contributed by atoms with Crippen LogP contribution in [0, 0.1) is 0 Å². The number of nitrogens with one attached hydrogen (secondary N) is 1. The number of ether oxygens (including phenoxy) is 1. The van der Waals surface area contributed by atoms with Crippen LogP contribution in [-0.2, 0) is 10.9 Å². The Balaban J connectivity index is 1.84. The lowest BCUT2D eigenvalue weighted by molar-refractivity contribution is -0.137. The quantitative estimate of drug-likeness (QED) is 0.699. The largest absolute Gasteiger partial charge is 0.416 e. The summed E-state index contributed by atoms with van der Waals surface area (Å²) in [7, 11) is 0. The molecule has 11 heteroatoms. The molecule has 0 radical (unpaired) electrons. The highest BCUT2D eigenvalue weighted by molar-refractivity contribution is 5.79. The van der Waals surface area contributed by atoms with Crippen LogP contribution in [0.1, 0.15) is 17.8 Å². The molecule has 0 atom stereocenters. The van der Waals surface area contributed by atoms with Gasteiger partial charge >= 0.3 is 6.18 Å². The van der Waals surface area contributed by atoms with E-state index in [1.807, 2.05) is 4.90 Å². The average molecular weight is 387 g/mol. The normalized spacial score (nSPS) is 15.9. The summed E-state index contributed by atoms with van der Waals surface area (Å²) in [6.07, 6.45) is -7.57. The van der Waals surface area contributed by atoms with E-state index in [0.717, 1.165) is 22.8 Å². The maximum Gasteiger partial charge on any atom is 0.416 e. The Kier molecular flexibility index (Phi) is 4.25. The minimum absolute atomic E-state index is 0.0424. The Morgan fingerprint density at radius 2 is 1.85 bits per heavy atom. The topological polar surface area (TPSA) is 59.0 Å². The zero-order valence-corrected chi connectivity index (χ0v) is 13.8. The third kappa shape index (κ3) is 3.22. The van der Waals surface area contributed by atoms with E-state index in [2.05, 4.69) is 15.2 Å². The summed E-state index contributed by atoms with van der Waals surface area (Å²) in [4.78, 5) is 5.69. The highest BCUT2D eigenvalue weighted by Crippen LogP contribution is 2.34. The van der Waals surface area contributed by atoms with Gasteiger partial charge in [-0.05, 0) is 18.2 Å². The molecule has 4 rings (SSSR count). The summed E-state index contributed by atoms with van der Waals surface area (Å²) in [5, 5.41) is 6.73. The van der Waals surface area contributed by atoms with Crippen molar-refractivity contribution in [3.8, 4) is 5.82 Å². The molecule has 1 aromatic carbocycles. The Bertz CT molecular complexity index is 958. The molecule has 0 spiro atoms. The molecule has 1 aliphatic rings. The van der Waals surface area contributed by atoms with Gasteiger partial charge in [-0.25, -0.2) is 13.8 Å². The molecule has 144 valence electrons. The average Bonchev–Trinajstić information content (AvgIpc) is 3.25. The van der Waals surface area contributed by atoms with E-state index >= 15 is 0 Å². The number of fused-ring (bicyclic) bond motifs is 1. The van der Waals surface area contributed by atoms with E-state index in [4.69, 9.17) is 4.74 Å². The van der Waals surface area contributed by atoms with E-state index in [1.165, 1.54) is 6.07 Å². The van der Waals surface area contributed by atoms with Crippen LogP contribution < -0.4 is 4.90 Å². The molecule has 0 saturated carbocycles. The molecular formula is C16H14F5N5O. The molecule has 0 amide bonds. The SMILES string of the molecule is FC(F)c1nc2ccc(C(F)(F)F)cc2n1-c1cc(N2CCOCC2)n[nH]1. The van der Waals surface area contributed by atoms with E-state index < -0.39 is 24.0 Å². The molecule has 1 N–H and O–H groups in total. The monoisotopic (exact) mass is 387 g/mol. The molecular weight excluding hydrogens is 373 g/mol. The second-order valence-corrected chi connectivity index (χ2v) is 6.02. The molecule has 0 bridgehead atoms. The summed E-state index contributed by atoms with van der Waals surface area (Å²) >= 11 is 0. The lowest BCUT2D eigenvalue weighted by atomic mass is 10.2. The van der Waals surface area contributed by atoms with E-state index in [-0.39, 0.29) is 16.9 Å². The molecule has 1 saturated heterocycles. The number of H-pyrrole nitrogens is 1. The number of aromatic nitrogens is 4. The number of halogens is 5. The molecule has 2 aromatic heterocycles. The van der Waals surface area contributed by atoms with Gasteiger partial charge in [0, 0.05) is 19.2 Å². The van der Waals surface area contributed by atoms with Gasteiger partial charge in [0.05, 0.1) is 29.8 Å². The predicted molar refractivity (Wildman–Crippen MR) is 86.2 cm³/mol. The van der Waals surface area contributed by atoms with Gasteiger partial charge in [0.2, 0.25) is 0 Å². The molecule has 1 aliphatic heterocycles. The van der Waals surface area contributed by atoms with Gasteiger partial charge < -0.3 is 9.64 Å². The Morgan fingerprint density at radius 3 is 2.52 bits per heavy atom. The van der Waals surface area contributed by atoms with Crippen molar-refractivity contribution in [1.82, 2.24) is 19.7 Å². The highest BCUT2D eigenvalue weighted by atomic mass is 19.4. The lowest BCUT2D eigenvalue weighted by Gasteiger charge is -2.26. The number of hydrogen-bond donors (Lipinski definition) is 1. The number of benzene rings is 1. The van der Waals surface area contributed by atoms with Gasteiger partial charge in [-0.3, -0.25) is 9.67 Å². The van der Waals surface area contributed by atoms with Gasteiger partial charge in [0.1, 0.15) is 5.82 Å². The van der Waals surface area contributed by atoms with Crippen molar-refractivity contribution in [1.29, 1.82) is 0 Å². The molecule has 3 aromatic rings. The second kappa shape index (κ2) is 6.48. The summed E-state index contributed by atoms with van der Waals surface area (Å²) in [5.41, 5.74) is -0.969. The fourth-order valence-corrected chi connectivity index (χ4v) is 3.04. The first-order chi connectivity index (χ1) is 12.8. The van der Waals surface area contributed by atoms with Crippen molar-refractivity contribution in [2.24, 2.45) is 0 Å². The van der Waals surface area contributed by atoms with Crippen LogP contribution in [0.5, 0.6) is 0 Å². The third-order valence-electron chi connectivity index (χ3n) is 4.33. The summed E-state index contributed by atoms with van der Waals surface area (Å²) in [5.74, 6) is -0.0301. The number of anilines is 1. The second-order valence-electron chi connectivity index (χ2n) is 6.02. The number of morpholine rings is 1. The predicted octanol–water partition coefficient (Wildman–Crippen LogP) is 3.54. The van der Waals surface area contributed by atoms with E-state index in [1.54, 1.807) is 0 Å². The molecule has 3 heterocycles. The summed E-state index contributed by atoms with van der Waals surface area (Å²) in [6.45, 7) is 2.17. The summed E-state index contributed by atoms with van der Waals surface area (Å²) < 4.78 is 72.3. The van der Waals surface area contributed by atoms with Gasteiger partial charge in [-0.2, -0.15) is 18.3 Å². The minimum atomic E-state index is -4.60. The Hall–Kier alpha value is -2.69. The summed E-state index contributed by atoms with van der Waals surface area (Å²) in [6, 6.07) is 4.23. The molecule has 0 unspecified atom stereocenters. The molecule has 27 heavy (non-hydrogen) atoms. The van der Waals surface area contributed by atoms with Crippen molar-refractivity contribution in [2.45, 2.75) is 12.6 Å². The van der Waals surface area contributed by atoms with Gasteiger partial charge in [-0.1, -0.05) is 0 Å². The van der Waals surface area contributed by atoms with Crippen molar-refractivity contribution >= 4 is 16.9 Å². The van der Waals surface area contributed by atoms with Crippen LogP contribution >= 0.6 is 0 Å². The molecule has 1 fully saturated rings. The van der Waals surface area contributed by atoms with Gasteiger partial charge in [0.25, 0.3) is 6.43 Å². The van der Waals surface area contributed by atoms with Gasteiger partial charge in [0.15, 0.2) is 11.6 Å². The number of nitrogens with zero attached hydrogens (tertiary/aromatic N) is 4. The van der Waals surface area contributed by atoms with Crippen molar-refractivity contribution in [3.05, 3.63) is 35.7 Å². The highest BCUT2D eigenvalue weighted by Gasteiger charge is 2.32. The fourth-order valence-electron chi connectivity index (χ4n) is 3.04. The zero-order valence-electron chi connectivity index (χ0n) is 13.8. The standard InChI is InChI=1S/C16H14F5N5O/c17-14(18)15-22-10-2-1-9(16(19,20)21)7-11(10)26(15)13-8-12(23-24-13)25-3-5-27-6-4-25/h1-2,7-8,14H,3-6H2,(H,23,24). The first-order valence-electron chi connectivity index (χ1n) is 8.11. The third-order valence-corrected chi connectivity index (χ3v) is 4.33. The van der Waals surface area contributed by atoms with Gasteiger partial charge in [-0.15, -0.1) is 0 Å². The number of hydrogen-bond acceptors (Lipinski definition) is 4. The number of alkyl halides is 5. The van der Waals surface area contributed by atoms with Crippen LogP contribution in [0.3, 0.4) is 0 Å². The van der Waals surface area contributed by atoms with Crippen molar-refractivity contribution in [2.75, 3.05) is 31.2 Å². The van der Waals surface area contributed by atoms with Crippen molar-refractivity contribution in [3.63, 3.8) is 0 Å². The molecule has 0 aliphatic carbocycles. The lowest BCUT2D eigenvalue weighted by Crippen LogP contribution is -2.36. The van der Waals surface area contributed by atoms with Crippen LogP contribution in [0.2, 0.25) is 0 Å². The van der Waals surface area contributed by atoms with Crippen LogP contribution in [0.15, 0.2) is 24.3 Å². The van der Waals surface area contributed by atoms with Crippen LogP contribution in [0.25, 0.3) is 16.9 Å². The van der Waals surface area contributed by atoms with E-state index in [9.17, 15) is 22.0 Å². The Labute approximate surface area is 149 Å². The number of aromatic amines is 1. The number of imidazole rings is 1. The Morgan fingerprint density at radius 1 is 1.11 bits per heavy atom. The van der Waals surface area contributed by atoms with Crippen LogP contribution in [0.4, 0.5) is 27.8 Å². The maximum atomic E-state index is 13.5. The first kappa shape index (κ1) is 17.7. The molecule has 6 nitrogen and oxygen atoms in total.